The Kier molecular flexibility index (Phi) is 4.17. The van der Waals surface area contributed by atoms with Gasteiger partial charge in [0, 0.05) is 17.4 Å². The summed E-state index contributed by atoms with van der Waals surface area (Å²) in [7, 11) is 0. The molecule has 0 fully saturated rings. The lowest BCUT2D eigenvalue weighted by molar-refractivity contribution is 0.317. The molecule has 0 spiro atoms. The minimum Gasteiger partial charge on any atom is -0.494 e. The molecule has 5 nitrogen and oxygen atoms in total. The smallest absolute Gasteiger partial charge is 0.216 e. The Morgan fingerprint density at radius 1 is 1.33 bits per heavy atom. The third-order valence-corrected chi connectivity index (χ3v) is 4.00. The van der Waals surface area contributed by atoms with Gasteiger partial charge in [-0.25, -0.2) is 0 Å². The molecular weight excluding hydrogens is 284 g/mol. The van der Waals surface area contributed by atoms with Gasteiger partial charge in [0.25, 0.3) is 0 Å². The van der Waals surface area contributed by atoms with E-state index in [9.17, 15) is 0 Å². The second-order valence-corrected chi connectivity index (χ2v) is 5.61. The zero-order chi connectivity index (χ0) is 14.7. The third-order valence-electron chi connectivity index (χ3n) is 3.19. The fraction of sp³-hybridized carbons (Fsp3) is 0.333. The van der Waals surface area contributed by atoms with Gasteiger partial charge in [-0.3, -0.25) is 4.40 Å². The van der Waals surface area contributed by atoms with Gasteiger partial charge in [0.1, 0.15) is 11.6 Å². The number of hydrogen-bond acceptors (Lipinski definition) is 5. The molecule has 0 aliphatic carbocycles. The number of nitrogens with two attached hydrogens (primary N) is 1. The average molecular weight is 302 g/mol. The minimum atomic E-state index is 0.565. The van der Waals surface area contributed by atoms with Crippen LogP contribution in [0.25, 0.3) is 16.2 Å². The van der Waals surface area contributed by atoms with Crippen molar-refractivity contribution < 1.29 is 4.74 Å². The van der Waals surface area contributed by atoms with Crippen LogP contribution < -0.4 is 10.5 Å². The summed E-state index contributed by atoms with van der Waals surface area (Å²) in [5.41, 5.74) is 7.84. The number of ether oxygens (including phenoxy) is 1. The summed E-state index contributed by atoms with van der Waals surface area (Å²) in [5.74, 6) is 1.80. The Bertz CT molecular complexity index is 734. The van der Waals surface area contributed by atoms with Crippen LogP contribution in [-0.4, -0.2) is 27.7 Å². The average Bonchev–Trinajstić information content (AvgIpc) is 3.09. The maximum atomic E-state index is 5.71. The van der Waals surface area contributed by atoms with Crippen molar-refractivity contribution in [2.45, 2.75) is 19.8 Å². The number of aromatic nitrogens is 3. The van der Waals surface area contributed by atoms with Crippen LogP contribution in [0.4, 0.5) is 0 Å². The van der Waals surface area contributed by atoms with Gasteiger partial charge < -0.3 is 10.5 Å². The van der Waals surface area contributed by atoms with Gasteiger partial charge in [-0.15, -0.1) is 21.5 Å². The molecule has 0 aliphatic heterocycles. The first-order chi connectivity index (χ1) is 10.3. The standard InChI is InChI=1S/C15H18N4OS/c1-2-8-20-12-5-3-4-11(9-12)13-10-21-15-18-17-14(6-7-16)19(13)15/h3-5,9-10H,2,6-8,16H2,1H3. The Balaban J connectivity index is 2.01. The lowest BCUT2D eigenvalue weighted by Crippen LogP contribution is -2.06. The minimum absolute atomic E-state index is 0.565. The van der Waals surface area contributed by atoms with E-state index in [-0.39, 0.29) is 0 Å². The van der Waals surface area contributed by atoms with E-state index in [0.717, 1.165) is 47.2 Å². The van der Waals surface area contributed by atoms with E-state index >= 15 is 0 Å². The molecule has 2 heterocycles. The summed E-state index contributed by atoms with van der Waals surface area (Å²) in [6.45, 7) is 3.39. The first kappa shape index (κ1) is 14.0. The molecule has 0 saturated carbocycles. The highest BCUT2D eigenvalue weighted by Crippen LogP contribution is 2.29. The number of benzene rings is 1. The van der Waals surface area contributed by atoms with Gasteiger partial charge in [0.05, 0.1) is 12.3 Å². The van der Waals surface area contributed by atoms with Crippen molar-refractivity contribution >= 4 is 16.3 Å². The first-order valence-electron chi connectivity index (χ1n) is 7.08. The molecule has 0 bridgehead atoms. The lowest BCUT2D eigenvalue weighted by Gasteiger charge is -2.07. The van der Waals surface area contributed by atoms with E-state index in [0.29, 0.717) is 6.54 Å². The quantitative estimate of drug-likeness (QED) is 0.760. The molecule has 6 heteroatoms. The summed E-state index contributed by atoms with van der Waals surface area (Å²) in [6, 6.07) is 8.13. The number of nitrogens with zero attached hydrogens (tertiary/aromatic N) is 3. The molecule has 110 valence electrons. The van der Waals surface area contributed by atoms with Gasteiger partial charge >= 0.3 is 0 Å². The highest BCUT2D eigenvalue weighted by molar-refractivity contribution is 7.15. The second-order valence-electron chi connectivity index (χ2n) is 4.77. The van der Waals surface area contributed by atoms with E-state index < -0.39 is 0 Å². The molecule has 0 aliphatic rings. The van der Waals surface area contributed by atoms with E-state index in [1.54, 1.807) is 11.3 Å². The Hall–Kier alpha value is -1.92. The molecule has 1 aromatic carbocycles. The fourth-order valence-corrected chi connectivity index (χ4v) is 3.09. The molecule has 0 atom stereocenters. The molecule has 0 radical (unpaired) electrons. The Morgan fingerprint density at radius 3 is 3.05 bits per heavy atom. The summed E-state index contributed by atoms with van der Waals surface area (Å²) < 4.78 is 7.79. The maximum absolute atomic E-state index is 5.71. The van der Waals surface area contributed by atoms with Crippen molar-refractivity contribution in [2.75, 3.05) is 13.2 Å². The summed E-state index contributed by atoms with van der Waals surface area (Å²) >= 11 is 1.59. The molecule has 2 aromatic heterocycles. The maximum Gasteiger partial charge on any atom is 0.216 e. The lowest BCUT2D eigenvalue weighted by atomic mass is 10.1. The van der Waals surface area contributed by atoms with Crippen LogP contribution in [0.5, 0.6) is 5.75 Å². The van der Waals surface area contributed by atoms with Crippen LogP contribution in [0, 0.1) is 0 Å². The van der Waals surface area contributed by atoms with Crippen molar-refractivity contribution in [3.63, 3.8) is 0 Å². The van der Waals surface area contributed by atoms with Crippen LogP contribution in [0.1, 0.15) is 19.2 Å². The molecule has 3 aromatic rings. The molecule has 21 heavy (non-hydrogen) atoms. The summed E-state index contributed by atoms with van der Waals surface area (Å²) in [4.78, 5) is 0.897. The van der Waals surface area contributed by atoms with Gasteiger partial charge in [-0.2, -0.15) is 0 Å². The number of hydrogen-bond donors (Lipinski definition) is 1. The number of fused-ring (bicyclic) bond motifs is 1. The molecule has 0 saturated heterocycles. The zero-order valence-corrected chi connectivity index (χ0v) is 12.8. The highest BCUT2D eigenvalue weighted by Gasteiger charge is 2.13. The van der Waals surface area contributed by atoms with Crippen LogP contribution in [0.2, 0.25) is 0 Å². The summed E-state index contributed by atoms with van der Waals surface area (Å²) in [6.07, 6.45) is 1.72. The molecule has 3 rings (SSSR count). The van der Waals surface area contributed by atoms with Crippen LogP contribution in [-0.2, 0) is 6.42 Å². The van der Waals surface area contributed by atoms with Crippen molar-refractivity contribution in [1.29, 1.82) is 0 Å². The van der Waals surface area contributed by atoms with Gasteiger partial charge in [-0.05, 0) is 25.1 Å². The normalized spacial score (nSPS) is 11.1. The van der Waals surface area contributed by atoms with Crippen LogP contribution in [0.3, 0.4) is 0 Å². The topological polar surface area (TPSA) is 65.4 Å². The van der Waals surface area contributed by atoms with Gasteiger partial charge in [-0.1, -0.05) is 19.1 Å². The van der Waals surface area contributed by atoms with E-state index in [2.05, 4.69) is 39.0 Å². The largest absolute Gasteiger partial charge is 0.494 e. The second kappa shape index (κ2) is 6.24. The van der Waals surface area contributed by atoms with E-state index in [1.165, 1.54) is 0 Å². The Morgan fingerprint density at radius 2 is 2.24 bits per heavy atom. The van der Waals surface area contributed by atoms with Crippen molar-refractivity contribution in [1.82, 2.24) is 14.6 Å². The van der Waals surface area contributed by atoms with E-state index in [1.807, 2.05) is 12.1 Å². The van der Waals surface area contributed by atoms with Crippen molar-refractivity contribution in [3.05, 3.63) is 35.5 Å². The van der Waals surface area contributed by atoms with Crippen LogP contribution >= 0.6 is 11.3 Å². The monoisotopic (exact) mass is 302 g/mol. The summed E-state index contributed by atoms with van der Waals surface area (Å²) in [5, 5.41) is 10.5. The number of thiazole rings is 1. The fourth-order valence-electron chi connectivity index (χ4n) is 2.23. The van der Waals surface area contributed by atoms with Gasteiger partial charge in [0.15, 0.2) is 0 Å². The van der Waals surface area contributed by atoms with Crippen LogP contribution in [0.15, 0.2) is 29.6 Å². The number of rotatable bonds is 6. The molecule has 0 amide bonds. The third kappa shape index (κ3) is 2.77. The van der Waals surface area contributed by atoms with Gasteiger partial charge in [0.2, 0.25) is 4.96 Å². The molecular formula is C15H18N4OS. The first-order valence-corrected chi connectivity index (χ1v) is 7.96. The predicted octanol–water partition coefficient (Wildman–Crippen LogP) is 2.75. The molecule has 2 N–H and O–H groups in total. The van der Waals surface area contributed by atoms with Crippen molar-refractivity contribution in [2.24, 2.45) is 5.73 Å². The zero-order valence-electron chi connectivity index (χ0n) is 12.0. The van der Waals surface area contributed by atoms with Crippen molar-refractivity contribution in [3.8, 4) is 17.0 Å². The highest BCUT2D eigenvalue weighted by atomic mass is 32.1. The van der Waals surface area contributed by atoms with E-state index in [4.69, 9.17) is 10.5 Å². The molecule has 0 unspecified atom stereocenters. The Labute approximate surface area is 127 Å². The SMILES string of the molecule is CCCOc1cccc(-c2csc3nnc(CCN)n23)c1. The predicted molar refractivity (Wildman–Crippen MR) is 84.8 cm³/mol.